The van der Waals surface area contributed by atoms with Gasteiger partial charge in [-0.15, -0.1) is 0 Å². The number of anilines is 1. The van der Waals surface area contributed by atoms with Crippen LogP contribution in [0.15, 0.2) is 57.9 Å². The molecule has 7 nitrogen and oxygen atoms in total. The number of aryl methyl sites for hydroxylation is 2. The molecular formula is C21H21BrN4O3. The third-order valence-corrected chi connectivity index (χ3v) is 5.06. The topological polar surface area (TPSA) is 84.3 Å². The highest BCUT2D eigenvalue weighted by molar-refractivity contribution is 9.10. The predicted octanol–water partition coefficient (Wildman–Crippen LogP) is 2.95. The smallest absolute Gasteiger partial charge is 0.243 e. The fourth-order valence-corrected chi connectivity index (χ4v) is 3.47. The minimum atomic E-state index is -0.266. The van der Waals surface area contributed by atoms with Gasteiger partial charge in [-0.3, -0.25) is 19.1 Å². The van der Waals surface area contributed by atoms with Crippen LogP contribution in [0.4, 0.5) is 5.69 Å². The van der Waals surface area contributed by atoms with Gasteiger partial charge in [0, 0.05) is 29.0 Å². The molecule has 150 valence electrons. The Kier molecular flexibility index (Phi) is 6.43. The van der Waals surface area contributed by atoms with Gasteiger partial charge in [0.1, 0.15) is 0 Å². The van der Waals surface area contributed by atoms with E-state index in [4.69, 9.17) is 0 Å². The number of aromatic nitrogens is 2. The first-order valence-electron chi connectivity index (χ1n) is 9.10. The number of hydrogen-bond donors (Lipinski definition) is 1. The first kappa shape index (κ1) is 20.7. The monoisotopic (exact) mass is 456 g/mol. The Balaban J connectivity index is 1.59. The minimum absolute atomic E-state index is 0.0489. The number of carbonyl (C=O) groups excluding carboxylic acids is 2. The molecule has 2 amide bonds. The summed E-state index contributed by atoms with van der Waals surface area (Å²) >= 11 is 3.39. The van der Waals surface area contributed by atoms with Crippen LogP contribution >= 0.6 is 15.9 Å². The number of nitrogens with zero attached hydrogens (tertiary/aromatic N) is 3. The van der Waals surface area contributed by atoms with Crippen LogP contribution in [0, 0.1) is 6.92 Å². The Labute approximate surface area is 176 Å². The van der Waals surface area contributed by atoms with Gasteiger partial charge in [0.05, 0.1) is 24.8 Å². The van der Waals surface area contributed by atoms with Crippen molar-refractivity contribution in [1.29, 1.82) is 0 Å². The molecule has 0 aliphatic rings. The summed E-state index contributed by atoms with van der Waals surface area (Å²) in [5.41, 5.74) is 2.17. The molecule has 0 unspecified atom stereocenters. The number of nitrogens with one attached hydrogen (secondary N) is 1. The van der Waals surface area contributed by atoms with Crippen LogP contribution in [0.5, 0.6) is 0 Å². The molecule has 0 aliphatic carbocycles. The second-order valence-corrected chi connectivity index (χ2v) is 7.67. The summed E-state index contributed by atoms with van der Waals surface area (Å²) < 4.78 is 2.57. The normalized spacial score (nSPS) is 10.7. The Morgan fingerprint density at radius 2 is 1.97 bits per heavy atom. The highest BCUT2D eigenvalue weighted by Gasteiger charge is 2.14. The van der Waals surface area contributed by atoms with E-state index < -0.39 is 0 Å². The van der Waals surface area contributed by atoms with Crippen molar-refractivity contribution in [2.75, 3.05) is 18.9 Å². The molecule has 1 heterocycles. The minimum Gasteiger partial charge on any atom is -0.336 e. The van der Waals surface area contributed by atoms with Gasteiger partial charge in [0.2, 0.25) is 17.2 Å². The van der Waals surface area contributed by atoms with E-state index in [1.165, 1.54) is 11.1 Å². The molecule has 0 bridgehead atoms. The lowest BCUT2D eigenvalue weighted by molar-refractivity contribution is -0.133. The lowest BCUT2D eigenvalue weighted by Gasteiger charge is -2.18. The third kappa shape index (κ3) is 5.08. The average Bonchev–Trinajstić information content (AvgIpc) is 2.69. The molecule has 29 heavy (non-hydrogen) atoms. The molecule has 0 aliphatic heterocycles. The van der Waals surface area contributed by atoms with Gasteiger partial charge < -0.3 is 10.2 Å². The van der Waals surface area contributed by atoms with Crippen molar-refractivity contribution in [3.8, 4) is 0 Å². The molecule has 2 aromatic carbocycles. The zero-order valence-corrected chi connectivity index (χ0v) is 17.8. The van der Waals surface area contributed by atoms with Crippen molar-refractivity contribution in [2.24, 2.45) is 0 Å². The number of fused-ring (bicyclic) bond motifs is 1. The Hall–Kier alpha value is -3.00. The Morgan fingerprint density at radius 3 is 2.72 bits per heavy atom. The van der Waals surface area contributed by atoms with Crippen LogP contribution in [-0.4, -0.2) is 40.1 Å². The second kappa shape index (κ2) is 9.00. The summed E-state index contributed by atoms with van der Waals surface area (Å²) in [6.07, 6.45) is 1.42. The molecule has 0 saturated carbocycles. The third-order valence-electron chi connectivity index (χ3n) is 4.57. The first-order valence-corrected chi connectivity index (χ1v) is 9.89. The predicted molar refractivity (Wildman–Crippen MR) is 116 cm³/mol. The highest BCUT2D eigenvalue weighted by Crippen LogP contribution is 2.20. The van der Waals surface area contributed by atoms with Crippen molar-refractivity contribution >= 4 is 44.3 Å². The van der Waals surface area contributed by atoms with Gasteiger partial charge in [-0.2, -0.15) is 5.10 Å². The van der Waals surface area contributed by atoms with Crippen molar-refractivity contribution in [2.45, 2.75) is 19.9 Å². The fraction of sp³-hybridized carbons (Fsp3) is 0.238. The van der Waals surface area contributed by atoms with Gasteiger partial charge in [0.25, 0.3) is 0 Å². The zero-order valence-electron chi connectivity index (χ0n) is 16.2. The summed E-state index contributed by atoms with van der Waals surface area (Å²) in [6, 6.07) is 12.7. The summed E-state index contributed by atoms with van der Waals surface area (Å²) in [7, 11) is 1.59. The molecule has 1 N–H and O–H groups in total. The van der Waals surface area contributed by atoms with Crippen LogP contribution in [0.2, 0.25) is 0 Å². The molecular weight excluding hydrogens is 436 g/mol. The number of para-hydroxylation sites is 1. The standard InChI is InChI=1S/C21H21BrN4O3/c1-14-11-15(22)7-8-17(14)24-20(28)13-25(2)21(29)9-10-26-18-6-4-3-5-16(18)19(27)12-23-26/h3-8,11-12H,9-10,13H2,1-2H3,(H,24,28). The lowest BCUT2D eigenvalue weighted by Crippen LogP contribution is -2.35. The van der Waals surface area contributed by atoms with Gasteiger partial charge in [-0.25, -0.2) is 0 Å². The van der Waals surface area contributed by atoms with Crippen molar-refractivity contribution < 1.29 is 9.59 Å². The number of carbonyl (C=O) groups is 2. The second-order valence-electron chi connectivity index (χ2n) is 6.76. The van der Waals surface area contributed by atoms with Crippen molar-refractivity contribution in [3.63, 3.8) is 0 Å². The van der Waals surface area contributed by atoms with Crippen LogP contribution in [0.25, 0.3) is 10.9 Å². The summed E-state index contributed by atoms with van der Waals surface area (Å²) in [4.78, 5) is 38.0. The van der Waals surface area contributed by atoms with E-state index in [0.717, 1.165) is 10.0 Å². The van der Waals surface area contributed by atoms with E-state index in [0.29, 0.717) is 23.1 Å². The summed E-state index contributed by atoms with van der Waals surface area (Å²) in [6.45, 7) is 2.17. The van der Waals surface area contributed by atoms with E-state index in [-0.39, 0.29) is 30.2 Å². The number of halogens is 1. The quantitative estimate of drug-likeness (QED) is 0.617. The molecule has 0 radical (unpaired) electrons. The molecule has 3 aromatic rings. The van der Waals surface area contributed by atoms with E-state index in [2.05, 4.69) is 26.3 Å². The maximum Gasteiger partial charge on any atom is 0.243 e. The molecule has 0 atom stereocenters. The number of amides is 2. The Morgan fingerprint density at radius 1 is 1.21 bits per heavy atom. The van der Waals surface area contributed by atoms with Crippen LogP contribution in [0.3, 0.4) is 0 Å². The number of hydrogen-bond acceptors (Lipinski definition) is 4. The highest BCUT2D eigenvalue weighted by atomic mass is 79.9. The van der Waals surface area contributed by atoms with Gasteiger partial charge in [-0.05, 0) is 42.8 Å². The number of rotatable bonds is 6. The number of likely N-dealkylation sites (N-methyl/N-ethyl adjacent to an activating group) is 1. The molecule has 0 spiro atoms. The van der Waals surface area contributed by atoms with Gasteiger partial charge in [0.15, 0.2) is 0 Å². The van der Waals surface area contributed by atoms with E-state index >= 15 is 0 Å². The van der Waals surface area contributed by atoms with Crippen LogP contribution in [-0.2, 0) is 16.1 Å². The molecule has 3 rings (SSSR count). The molecule has 0 saturated heterocycles. The molecule has 1 aromatic heterocycles. The summed E-state index contributed by atoms with van der Waals surface area (Å²) in [5, 5.41) is 7.51. The molecule has 8 heteroatoms. The lowest BCUT2D eigenvalue weighted by atomic mass is 10.2. The van der Waals surface area contributed by atoms with Gasteiger partial charge >= 0.3 is 0 Å². The fourth-order valence-electron chi connectivity index (χ4n) is 2.99. The largest absolute Gasteiger partial charge is 0.336 e. The van der Waals surface area contributed by atoms with Gasteiger partial charge in [-0.1, -0.05) is 28.1 Å². The first-order chi connectivity index (χ1) is 13.8. The zero-order chi connectivity index (χ0) is 21.0. The van der Waals surface area contributed by atoms with Crippen LogP contribution in [0.1, 0.15) is 12.0 Å². The molecule has 0 fully saturated rings. The van der Waals surface area contributed by atoms with Crippen LogP contribution < -0.4 is 10.7 Å². The number of benzene rings is 2. The van der Waals surface area contributed by atoms with E-state index in [1.807, 2.05) is 31.2 Å². The van der Waals surface area contributed by atoms with Crippen molar-refractivity contribution in [1.82, 2.24) is 14.7 Å². The Bertz CT molecular complexity index is 1130. The summed E-state index contributed by atoms with van der Waals surface area (Å²) in [5.74, 6) is -0.449. The SMILES string of the molecule is Cc1cc(Br)ccc1NC(=O)CN(C)C(=O)CCn1ncc(=O)c2ccccc21. The van der Waals surface area contributed by atoms with E-state index in [1.54, 1.807) is 29.9 Å². The van der Waals surface area contributed by atoms with E-state index in [9.17, 15) is 14.4 Å². The average molecular weight is 457 g/mol. The van der Waals surface area contributed by atoms with Crippen molar-refractivity contribution in [3.05, 3.63) is 68.9 Å². The maximum atomic E-state index is 12.5. The maximum absolute atomic E-state index is 12.5.